The Morgan fingerprint density at radius 3 is 2.35 bits per heavy atom. The van der Waals surface area contributed by atoms with Crippen LogP contribution in [0.1, 0.15) is 6.92 Å². The van der Waals surface area contributed by atoms with Gasteiger partial charge in [0.1, 0.15) is 5.69 Å². The van der Waals surface area contributed by atoms with Crippen molar-refractivity contribution in [3.8, 4) is 22.6 Å². The molecule has 3 amide bonds. The molecule has 0 atom stereocenters. The SMILES string of the molecule is CC(=O)N1CCN(c2ccc(Nc3nccc(-c4c(-c5cccc(NC(=O)Nc6ccccc6)c5)nc5sccn45)n3)cc2)CC1. The van der Waals surface area contributed by atoms with Gasteiger partial charge in [0.25, 0.3) is 0 Å². The predicted molar refractivity (Wildman–Crippen MR) is 183 cm³/mol. The highest BCUT2D eigenvalue weighted by atomic mass is 32.1. The Labute approximate surface area is 269 Å². The second kappa shape index (κ2) is 12.7. The Balaban J connectivity index is 1.11. The van der Waals surface area contributed by atoms with E-state index in [0.717, 1.165) is 59.5 Å². The number of piperazine rings is 1. The lowest BCUT2D eigenvalue weighted by atomic mass is 10.1. The van der Waals surface area contributed by atoms with E-state index in [1.54, 1.807) is 13.1 Å². The van der Waals surface area contributed by atoms with Crippen LogP contribution in [0.3, 0.4) is 0 Å². The maximum absolute atomic E-state index is 12.7. The molecule has 0 unspecified atom stereocenters. The Morgan fingerprint density at radius 1 is 0.804 bits per heavy atom. The molecule has 1 saturated heterocycles. The number of thiazole rings is 1. The fourth-order valence-corrected chi connectivity index (χ4v) is 6.22. The third kappa shape index (κ3) is 6.24. The van der Waals surface area contributed by atoms with Crippen LogP contribution in [-0.4, -0.2) is 62.4 Å². The molecule has 3 aromatic carbocycles. The summed E-state index contributed by atoms with van der Waals surface area (Å²) in [6, 6.07) is 26.6. The van der Waals surface area contributed by atoms with E-state index in [-0.39, 0.29) is 11.9 Å². The second-order valence-electron chi connectivity index (χ2n) is 10.8. The average molecular weight is 630 g/mol. The van der Waals surface area contributed by atoms with Crippen molar-refractivity contribution in [2.75, 3.05) is 47.0 Å². The quantitative estimate of drug-likeness (QED) is 0.183. The van der Waals surface area contributed by atoms with Gasteiger partial charge in [-0.3, -0.25) is 9.20 Å². The molecule has 0 radical (unpaired) electrons. The van der Waals surface area contributed by atoms with Crippen molar-refractivity contribution in [3.63, 3.8) is 0 Å². The standard InChI is InChI=1S/C34H31N9O2S/c1-23(44)41-16-18-42(19-17-41)28-12-10-26(11-13-28)36-32-35-15-14-29(39-32)31-30(40-34-43(31)20-21-46-34)24-6-5-9-27(22-24)38-33(45)37-25-7-3-2-4-8-25/h2-15,20-22H,16-19H2,1H3,(H,35,36,39)(H2,37,38,45). The Kier molecular flexibility index (Phi) is 8.00. The minimum atomic E-state index is -0.329. The highest BCUT2D eigenvalue weighted by molar-refractivity contribution is 7.15. The number of benzene rings is 3. The highest BCUT2D eigenvalue weighted by Gasteiger charge is 2.20. The van der Waals surface area contributed by atoms with Gasteiger partial charge in [0, 0.05) is 79.2 Å². The molecule has 3 aromatic heterocycles. The van der Waals surface area contributed by atoms with E-state index in [2.05, 4.69) is 38.0 Å². The minimum Gasteiger partial charge on any atom is -0.368 e. The number of imidazole rings is 1. The zero-order valence-corrected chi connectivity index (χ0v) is 25.9. The van der Waals surface area contributed by atoms with Crippen molar-refractivity contribution in [3.05, 3.63) is 103 Å². The highest BCUT2D eigenvalue weighted by Crippen LogP contribution is 2.35. The maximum Gasteiger partial charge on any atom is 0.323 e. The summed E-state index contributed by atoms with van der Waals surface area (Å²) in [5, 5.41) is 11.1. The first-order chi connectivity index (χ1) is 22.5. The molecule has 0 saturated carbocycles. The van der Waals surface area contributed by atoms with Crippen molar-refractivity contribution in [1.29, 1.82) is 0 Å². The number of amides is 3. The number of hydrogen-bond donors (Lipinski definition) is 3. The molecule has 1 fully saturated rings. The minimum absolute atomic E-state index is 0.123. The Hall–Kier alpha value is -5.75. The number of rotatable bonds is 7. The van der Waals surface area contributed by atoms with Crippen LogP contribution < -0.4 is 20.9 Å². The van der Waals surface area contributed by atoms with E-state index >= 15 is 0 Å². The monoisotopic (exact) mass is 629 g/mol. The van der Waals surface area contributed by atoms with Crippen LogP contribution in [0.5, 0.6) is 0 Å². The normalized spacial score (nSPS) is 13.1. The van der Waals surface area contributed by atoms with Gasteiger partial charge < -0.3 is 25.8 Å². The summed E-state index contributed by atoms with van der Waals surface area (Å²) in [5.74, 6) is 0.586. The molecule has 0 bridgehead atoms. The fraction of sp³-hybridized carbons (Fsp3) is 0.147. The summed E-state index contributed by atoms with van der Waals surface area (Å²) in [5.41, 5.74) is 6.45. The van der Waals surface area contributed by atoms with Crippen molar-refractivity contribution in [2.45, 2.75) is 6.92 Å². The number of urea groups is 1. The van der Waals surface area contributed by atoms with Crippen molar-refractivity contribution in [2.24, 2.45) is 0 Å². The first-order valence-corrected chi connectivity index (χ1v) is 15.8. The molecule has 0 aliphatic carbocycles. The molecule has 6 aromatic rings. The summed E-state index contributed by atoms with van der Waals surface area (Å²) < 4.78 is 2.02. The summed E-state index contributed by atoms with van der Waals surface area (Å²) in [7, 11) is 0. The van der Waals surface area contributed by atoms with Crippen molar-refractivity contribution >= 4 is 56.9 Å². The van der Waals surface area contributed by atoms with Crippen LogP contribution in [-0.2, 0) is 4.79 Å². The zero-order chi connectivity index (χ0) is 31.5. The van der Waals surface area contributed by atoms with E-state index < -0.39 is 0 Å². The smallest absolute Gasteiger partial charge is 0.323 e. The molecule has 1 aliphatic rings. The van der Waals surface area contributed by atoms with Gasteiger partial charge in [0.2, 0.25) is 11.9 Å². The number of para-hydroxylation sites is 1. The Bertz CT molecular complexity index is 2000. The molecule has 3 N–H and O–H groups in total. The number of nitrogens with one attached hydrogen (secondary N) is 3. The lowest BCUT2D eigenvalue weighted by molar-refractivity contribution is -0.129. The lowest BCUT2D eigenvalue weighted by Crippen LogP contribution is -2.48. The van der Waals surface area contributed by atoms with Crippen LogP contribution in [0.15, 0.2) is 103 Å². The number of aromatic nitrogens is 4. The largest absolute Gasteiger partial charge is 0.368 e. The number of carbonyl (C=O) groups is 2. The van der Waals surface area contributed by atoms with Gasteiger partial charge in [-0.2, -0.15) is 0 Å². The molecule has 1 aliphatic heterocycles. The molecule has 0 spiro atoms. The van der Waals surface area contributed by atoms with E-state index in [1.807, 2.05) is 93.7 Å². The summed E-state index contributed by atoms with van der Waals surface area (Å²) in [4.78, 5) is 43.6. The van der Waals surface area contributed by atoms with E-state index in [0.29, 0.717) is 23.0 Å². The topological polar surface area (TPSA) is 120 Å². The molecule has 12 heteroatoms. The number of carbonyl (C=O) groups excluding carboxylic acids is 2. The van der Waals surface area contributed by atoms with Gasteiger partial charge in [0.05, 0.1) is 11.4 Å². The van der Waals surface area contributed by atoms with Gasteiger partial charge in [-0.05, 0) is 54.6 Å². The Morgan fingerprint density at radius 2 is 1.57 bits per heavy atom. The van der Waals surface area contributed by atoms with E-state index in [1.165, 1.54) is 11.3 Å². The van der Waals surface area contributed by atoms with Crippen LogP contribution >= 0.6 is 11.3 Å². The molecule has 230 valence electrons. The number of fused-ring (bicyclic) bond motifs is 1. The number of anilines is 5. The first-order valence-electron chi connectivity index (χ1n) is 14.9. The zero-order valence-electron chi connectivity index (χ0n) is 25.1. The molecular weight excluding hydrogens is 599 g/mol. The summed E-state index contributed by atoms with van der Waals surface area (Å²) >= 11 is 1.54. The van der Waals surface area contributed by atoms with E-state index in [4.69, 9.17) is 9.97 Å². The average Bonchev–Trinajstić information content (AvgIpc) is 3.68. The van der Waals surface area contributed by atoms with Crippen LogP contribution in [0, 0.1) is 0 Å². The first kappa shape index (κ1) is 29.0. The fourth-order valence-electron chi connectivity index (χ4n) is 5.51. The maximum atomic E-state index is 12.7. The summed E-state index contributed by atoms with van der Waals surface area (Å²) in [6.45, 7) is 4.70. The van der Waals surface area contributed by atoms with Crippen molar-refractivity contribution in [1.82, 2.24) is 24.3 Å². The van der Waals surface area contributed by atoms with Gasteiger partial charge in [0.15, 0.2) is 4.96 Å². The van der Waals surface area contributed by atoms with Gasteiger partial charge >= 0.3 is 6.03 Å². The lowest BCUT2D eigenvalue weighted by Gasteiger charge is -2.35. The van der Waals surface area contributed by atoms with Crippen LogP contribution in [0.25, 0.3) is 27.6 Å². The molecule has 4 heterocycles. The van der Waals surface area contributed by atoms with Crippen LogP contribution in [0.4, 0.5) is 33.5 Å². The van der Waals surface area contributed by atoms with Crippen LogP contribution in [0.2, 0.25) is 0 Å². The predicted octanol–water partition coefficient (Wildman–Crippen LogP) is 6.58. The molecule has 46 heavy (non-hydrogen) atoms. The molecular formula is C34H31N9O2S. The number of hydrogen-bond acceptors (Lipinski definition) is 8. The third-order valence-electron chi connectivity index (χ3n) is 7.80. The number of nitrogens with zero attached hydrogens (tertiary/aromatic N) is 6. The molecule has 11 nitrogen and oxygen atoms in total. The second-order valence-corrected chi connectivity index (χ2v) is 11.7. The van der Waals surface area contributed by atoms with Crippen molar-refractivity contribution < 1.29 is 9.59 Å². The van der Waals surface area contributed by atoms with E-state index in [9.17, 15) is 9.59 Å². The van der Waals surface area contributed by atoms with Gasteiger partial charge in [-0.1, -0.05) is 30.3 Å². The van der Waals surface area contributed by atoms with Gasteiger partial charge in [-0.15, -0.1) is 11.3 Å². The van der Waals surface area contributed by atoms with Gasteiger partial charge in [-0.25, -0.2) is 19.7 Å². The third-order valence-corrected chi connectivity index (χ3v) is 8.56. The summed E-state index contributed by atoms with van der Waals surface area (Å²) in [6.07, 6.45) is 3.71. The molecule has 7 rings (SSSR count).